The second-order valence-electron chi connectivity index (χ2n) is 5.05. The van der Waals surface area contributed by atoms with Gasteiger partial charge >= 0.3 is 5.97 Å². The van der Waals surface area contributed by atoms with Crippen molar-refractivity contribution in [2.24, 2.45) is 0 Å². The van der Waals surface area contributed by atoms with Crippen LogP contribution in [0.4, 0.5) is 0 Å². The molecule has 0 bridgehead atoms. The summed E-state index contributed by atoms with van der Waals surface area (Å²) in [6, 6.07) is 2.80. The van der Waals surface area contributed by atoms with E-state index < -0.39 is 17.5 Å². The average molecular weight is 296 g/mol. The molecule has 118 valence electrons. The number of aromatic hydroxyl groups is 2. The van der Waals surface area contributed by atoms with Crippen LogP contribution in [0.1, 0.15) is 54.9 Å². The maximum absolute atomic E-state index is 11.1. The molecule has 0 radical (unpaired) electrons. The quantitative estimate of drug-likeness (QED) is 0.455. The summed E-state index contributed by atoms with van der Waals surface area (Å²) in [6.45, 7) is 3.23. The summed E-state index contributed by atoms with van der Waals surface area (Å²) < 4.78 is 5.49. The molecule has 0 amide bonds. The number of carboxylic acid groups (broad SMARTS) is 1. The van der Waals surface area contributed by atoms with Crippen molar-refractivity contribution in [2.45, 2.75) is 45.4 Å². The fraction of sp³-hybridized carbons (Fsp3) is 0.562. The van der Waals surface area contributed by atoms with Crippen molar-refractivity contribution in [1.29, 1.82) is 0 Å². The van der Waals surface area contributed by atoms with E-state index in [1.165, 1.54) is 31.4 Å². The molecule has 0 saturated carbocycles. The van der Waals surface area contributed by atoms with Crippen LogP contribution in [-0.2, 0) is 11.2 Å². The maximum Gasteiger partial charge on any atom is 0.339 e. The van der Waals surface area contributed by atoms with E-state index in [-0.39, 0.29) is 5.56 Å². The number of unbranched alkanes of at least 4 members (excludes halogenated alkanes) is 4. The minimum Gasteiger partial charge on any atom is -0.504 e. The van der Waals surface area contributed by atoms with Crippen LogP contribution in [0.5, 0.6) is 11.5 Å². The molecule has 0 aliphatic rings. The molecule has 0 aliphatic heterocycles. The first-order chi connectivity index (χ1) is 10.1. The van der Waals surface area contributed by atoms with E-state index >= 15 is 0 Å². The number of carboxylic acids is 1. The Morgan fingerprint density at radius 2 is 1.81 bits per heavy atom. The van der Waals surface area contributed by atoms with Gasteiger partial charge in [0, 0.05) is 6.61 Å². The number of rotatable bonds is 10. The molecule has 0 spiro atoms. The molecule has 0 heterocycles. The number of aromatic carboxylic acids is 1. The van der Waals surface area contributed by atoms with Crippen molar-refractivity contribution < 1.29 is 24.9 Å². The van der Waals surface area contributed by atoms with Gasteiger partial charge in [0.1, 0.15) is 5.56 Å². The van der Waals surface area contributed by atoms with Gasteiger partial charge in [0.2, 0.25) is 0 Å². The summed E-state index contributed by atoms with van der Waals surface area (Å²) in [5.41, 5.74) is 0.213. The lowest BCUT2D eigenvalue weighted by Crippen LogP contribution is -2.07. The van der Waals surface area contributed by atoms with Crippen LogP contribution in [0.2, 0.25) is 0 Å². The molecular formula is C16H24O5. The van der Waals surface area contributed by atoms with Crippen LogP contribution in [0, 0.1) is 0 Å². The third-order valence-corrected chi connectivity index (χ3v) is 3.36. The molecule has 5 heteroatoms. The summed E-state index contributed by atoms with van der Waals surface area (Å²) in [4.78, 5) is 11.1. The first-order valence-electron chi connectivity index (χ1n) is 7.42. The second kappa shape index (κ2) is 9.23. The minimum absolute atomic E-state index is 0.249. The highest BCUT2D eigenvalue weighted by Gasteiger charge is 2.18. The Labute approximate surface area is 125 Å². The fourth-order valence-corrected chi connectivity index (χ4v) is 2.16. The van der Waals surface area contributed by atoms with E-state index in [0.717, 1.165) is 12.8 Å². The minimum atomic E-state index is -1.25. The van der Waals surface area contributed by atoms with Crippen LogP contribution in [0.15, 0.2) is 12.1 Å². The highest BCUT2D eigenvalue weighted by atomic mass is 16.5. The molecule has 21 heavy (non-hydrogen) atoms. The number of phenolic OH excluding ortho intramolecular Hbond substituents is 1. The Kier molecular flexibility index (Phi) is 7.61. The first kappa shape index (κ1) is 17.3. The van der Waals surface area contributed by atoms with Crippen molar-refractivity contribution in [1.82, 2.24) is 0 Å². The largest absolute Gasteiger partial charge is 0.504 e. The predicted octanol–water partition coefficient (Wildman–Crippen LogP) is 3.33. The number of hydrogen-bond donors (Lipinski definition) is 3. The zero-order valence-corrected chi connectivity index (χ0v) is 12.5. The molecule has 1 aromatic rings. The predicted molar refractivity (Wildman–Crippen MR) is 80.0 cm³/mol. The Hall–Kier alpha value is -1.75. The number of hydrogen-bond acceptors (Lipinski definition) is 4. The number of benzene rings is 1. The molecule has 5 nitrogen and oxygen atoms in total. The molecule has 1 rings (SSSR count). The van der Waals surface area contributed by atoms with Crippen molar-refractivity contribution in [2.75, 3.05) is 13.2 Å². The zero-order chi connectivity index (χ0) is 15.7. The van der Waals surface area contributed by atoms with Gasteiger partial charge in [-0.15, -0.1) is 0 Å². The maximum atomic E-state index is 11.1. The molecule has 0 saturated heterocycles. The third-order valence-electron chi connectivity index (χ3n) is 3.36. The highest BCUT2D eigenvalue weighted by molar-refractivity contribution is 5.93. The molecule has 0 atom stereocenters. The molecular weight excluding hydrogens is 272 g/mol. The van der Waals surface area contributed by atoms with Gasteiger partial charge in [-0.2, -0.15) is 0 Å². The summed E-state index contributed by atoms with van der Waals surface area (Å²) in [5, 5.41) is 28.0. The van der Waals surface area contributed by atoms with E-state index in [4.69, 9.17) is 9.84 Å². The van der Waals surface area contributed by atoms with Gasteiger partial charge in [-0.1, -0.05) is 38.7 Å². The monoisotopic (exact) mass is 296 g/mol. The zero-order valence-electron chi connectivity index (χ0n) is 12.5. The van der Waals surface area contributed by atoms with Crippen molar-refractivity contribution in [3.63, 3.8) is 0 Å². The lowest BCUT2D eigenvalue weighted by atomic mass is 10.0. The normalized spacial score (nSPS) is 10.7. The number of ether oxygens (including phenoxy) is 1. The van der Waals surface area contributed by atoms with Crippen LogP contribution < -0.4 is 0 Å². The summed E-state index contributed by atoms with van der Waals surface area (Å²) in [6.07, 6.45) is 6.22. The van der Waals surface area contributed by atoms with E-state index in [1.807, 2.05) is 0 Å². The Morgan fingerprint density at radius 3 is 2.48 bits per heavy atom. The van der Waals surface area contributed by atoms with E-state index in [2.05, 4.69) is 6.92 Å². The molecule has 3 N–H and O–H groups in total. The van der Waals surface area contributed by atoms with Crippen molar-refractivity contribution >= 4 is 5.97 Å². The molecule has 0 fully saturated rings. The van der Waals surface area contributed by atoms with Gasteiger partial charge in [-0.05, 0) is 24.5 Å². The number of phenols is 2. The lowest BCUT2D eigenvalue weighted by molar-refractivity contribution is 0.0690. The van der Waals surface area contributed by atoms with Crippen LogP contribution >= 0.6 is 0 Å². The molecule has 0 aliphatic carbocycles. The van der Waals surface area contributed by atoms with Gasteiger partial charge in [0.05, 0.1) is 6.61 Å². The van der Waals surface area contributed by atoms with Crippen molar-refractivity contribution in [3.05, 3.63) is 23.3 Å². The SMILES string of the molecule is CCCCCCCOCCc1ccc(O)c(O)c1C(=O)O. The number of carbonyl (C=O) groups is 1. The van der Waals surface area contributed by atoms with Gasteiger partial charge < -0.3 is 20.1 Å². The van der Waals surface area contributed by atoms with Crippen LogP contribution in [0.3, 0.4) is 0 Å². The highest BCUT2D eigenvalue weighted by Crippen LogP contribution is 2.31. The first-order valence-corrected chi connectivity index (χ1v) is 7.42. The smallest absolute Gasteiger partial charge is 0.339 e. The summed E-state index contributed by atoms with van der Waals surface area (Å²) in [7, 11) is 0. The van der Waals surface area contributed by atoms with E-state index in [9.17, 15) is 15.0 Å². The Morgan fingerprint density at radius 1 is 1.10 bits per heavy atom. The van der Waals surface area contributed by atoms with Gasteiger partial charge in [0.25, 0.3) is 0 Å². The van der Waals surface area contributed by atoms with Gasteiger partial charge in [-0.3, -0.25) is 0 Å². The van der Waals surface area contributed by atoms with Crippen LogP contribution in [0.25, 0.3) is 0 Å². The summed E-state index contributed by atoms with van der Waals surface area (Å²) in [5.74, 6) is -2.26. The van der Waals surface area contributed by atoms with Crippen LogP contribution in [-0.4, -0.2) is 34.5 Å². The average Bonchev–Trinajstić information content (AvgIpc) is 2.45. The molecule has 0 aromatic heterocycles. The molecule has 1 aromatic carbocycles. The lowest BCUT2D eigenvalue weighted by Gasteiger charge is -2.10. The Balaban J connectivity index is 2.39. The van der Waals surface area contributed by atoms with Crippen molar-refractivity contribution in [3.8, 4) is 11.5 Å². The Bertz CT molecular complexity index is 456. The summed E-state index contributed by atoms with van der Waals surface area (Å²) >= 11 is 0. The van der Waals surface area contributed by atoms with E-state index in [1.54, 1.807) is 0 Å². The standard InChI is InChI=1S/C16H24O5/c1-2-3-4-5-6-10-21-11-9-12-7-8-13(17)15(18)14(12)16(19)20/h7-8,17-18H,2-6,9-11H2,1H3,(H,19,20). The van der Waals surface area contributed by atoms with Gasteiger partial charge in [0.15, 0.2) is 11.5 Å². The topological polar surface area (TPSA) is 87.0 Å². The van der Waals surface area contributed by atoms with Gasteiger partial charge in [-0.25, -0.2) is 4.79 Å². The second-order valence-corrected chi connectivity index (χ2v) is 5.05. The third kappa shape index (κ3) is 5.63. The van der Waals surface area contributed by atoms with E-state index in [0.29, 0.717) is 25.2 Å². The molecule has 0 unspecified atom stereocenters. The fourth-order valence-electron chi connectivity index (χ4n) is 2.16.